The highest BCUT2D eigenvalue weighted by Gasteiger charge is 2.12. The van der Waals surface area contributed by atoms with Crippen LogP contribution in [0.2, 0.25) is 0 Å². The Hall–Kier alpha value is 0.230. The molecule has 0 aromatic heterocycles. The first kappa shape index (κ1) is 32.9. The average molecular weight is 420 g/mol. The zero-order chi connectivity index (χ0) is 22.2. The molecule has 3 rings (SSSR count). The van der Waals surface area contributed by atoms with Crippen molar-refractivity contribution >= 4 is 11.8 Å². The highest BCUT2D eigenvalue weighted by atomic mass is 32.2. The largest absolute Gasteiger partial charge is 0.314 e. The van der Waals surface area contributed by atoms with E-state index in [4.69, 9.17) is 0 Å². The van der Waals surface area contributed by atoms with E-state index in [1.54, 1.807) is 0 Å². The molecule has 0 aromatic rings. The summed E-state index contributed by atoms with van der Waals surface area (Å²) in [7, 11) is 0. The van der Waals surface area contributed by atoms with Gasteiger partial charge in [-0.3, -0.25) is 4.90 Å². The molecule has 0 amide bonds. The van der Waals surface area contributed by atoms with Crippen molar-refractivity contribution in [2.75, 3.05) is 37.7 Å². The predicted molar refractivity (Wildman–Crippen MR) is 136 cm³/mol. The van der Waals surface area contributed by atoms with Crippen LogP contribution in [0.1, 0.15) is 101 Å². The molecule has 0 aliphatic carbocycles. The molecule has 0 saturated carbocycles. The van der Waals surface area contributed by atoms with Gasteiger partial charge < -0.3 is 10.6 Å². The molecule has 3 fully saturated rings. The summed E-state index contributed by atoms with van der Waals surface area (Å²) in [6.45, 7) is 26.1. The zero-order valence-corrected chi connectivity index (χ0v) is 22.2. The third kappa shape index (κ3) is 19.5. The third-order valence-electron chi connectivity index (χ3n) is 4.85. The standard InChI is InChI=1S/C7H15NS.C6H13N.C5H11N.3C2H6/c1-7(2)8-3-5-9-6-4-8;1-2-6-4-3-5-7-6;1-2-5-3-4-6-5;3*1-2/h7H,3-6H2,1-2H3;6-7H,2-5H2,1H3;5-6H,2-4H2,1H3;3*1-2H3. The van der Waals surface area contributed by atoms with Gasteiger partial charge in [-0.2, -0.15) is 11.8 Å². The first-order chi connectivity index (χ1) is 13.7. The lowest BCUT2D eigenvalue weighted by molar-refractivity contribution is 0.245. The number of rotatable bonds is 3. The van der Waals surface area contributed by atoms with Crippen LogP contribution in [0.5, 0.6) is 0 Å². The van der Waals surface area contributed by atoms with E-state index in [0.29, 0.717) is 0 Å². The third-order valence-corrected chi connectivity index (χ3v) is 5.79. The Morgan fingerprint density at radius 2 is 1.25 bits per heavy atom. The molecule has 0 radical (unpaired) electrons. The summed E-state index contributed by atoms with van der Waals surface area (Å²) < 4.78 is 0. The van der Waals surface area contributed by atoms with Crippen LogP contribution in [0.3, 0.4) is 0 Å². The molecular formula is C24H57N3S. The minimum Gasteiger partial charge on any atom is -0.314 e. The second-order valence-corrected chi connectivity index (χ2v) is 8.02. The first-order valence-corrected chi connectivity index (χ1v) is 13.6. The molecule has 28 heavy (non-hydrogen) atoms. The van der Waals surface area contributed by atoms with E-state index in [-0.39, 0.29) is 0 Å². The van der Waals surface area contributed by atoms with Crippen molar-refractivity contribution in [1.82, 2.24) is 15.5 Å². The van der Waals surface area contributed by atoms with E-state index in [1.165, 1.54) is 69.8 Å². The van der Waals surface area contributed by atoms with E-state index < -0.39 is 0 Å². The van der Waals surface area contributed by atoms with Crippen LogP contribution in [-0.4, -0.2) is 60.7 Å². The summed E-state index contributed by atoms with van der Waals surface area (Å²) >= 11 is 2.07. The van der Waals surface area contributed by atoms with Crippen molar-refractivity contribution < 1.29 is 0 Å². The summed E-state index contributed by atoms with van der Waals surface area (Å²) in [6.07, 6.45) is 6.80. The van der Waals surface area contributed by atoms with E-state index >= 15 is 0 Å². The minimum absolute atomic E-state index is 0.755. The highest BCUT2D eigenvalue weighted by Crippen LogP contribution is 2.11. The van der Waals surface area contributed by atoms with Gasteiger partial charge in [-0.1, -0.05) is 55.4 Å². The fraction of sp³-hybridized carbons (Fsp3) is 1.00. The lowest BCUT2D eigenvalue weighted by atomic mass is 10.1. The second-order valence-electron chi connectivity index (χ2n) is 6.79. The quantitative estimate of drug-likeness (QED) is 0.551. The molecule has 0 aromatic carbocycles. The van der Waals surface area contributed by atoms with Gasteiger partial charge in [0.25, 0.3) is 0 Å². The summed E-state index contributed by atoms with van der Waals surface area (Å²) in [5.74, 6) is 2.66. The summed E-state index contributed by atoms with van der Waals surface area (Å²) in [6, 6.07) is 2.47. The van der Waals surface area contributed by atoms with Crippen molar-refractivity contribution in [3.8, 4) is 0 Å². The molecule has 3 heterocycles. The van der Waals surface area contributed by atoms with Crippen molar-refractivity contribution in [2.24, 2.45) is 0 Å². The maximum Gasteiger partial charge on any atom is 0.00765 e. The molecular weight excluding hydrogens is 362 g/mol. The minimum atomic E-state index is 0.755. The van der Waals surface area contributed by atoms with Gasteiger partial charge in [0.2, 0.25) is 0 Å². The topological polar surface area (TPSA) is 27.3 Å². The normalized spacial score (nSPS) is 22.8. The molecule has 3 aliphatic heterocycles. The molecule has 2 atom stereocenters. The van der Waals surface area contributed by atoms with Gasteiger partial charge in [0, 0.05) is 42.7 Å². The van der Waals surface area contributed by atoms with E-state index in [9.17, 15) is 0 Å². The van der Waals surface area contributed by atoms with E-state index in [0.717, 1.165) is 18.1 Å². The van der Waals surface area contributed by atoms with Crippen molar-refractivity contribution in [2.45, 2.75) is 119 Å². The number of nitrogens with zero attached hydrogens (tertiary/aromatic N) is 1. The molecule has 3 nitrogen and oxygen atoms in total. The Labute approximate surface area is 184 Å². The number of hydrogen-bond acceptors (Lipinski definition) is 4. The number of hydrogen-bond donors (Lipinski definition) is 2. The number of nitrogens with one attached hydrogen (secondary N) is 2. The van der Waals surface area contributed by atoms with Crippen LogP contribution < -0.4 is 10.6 Å². The van der Waals surface area contributed by atoms with Crippen LogP contribution in [0.4, 0.5) is 0 Å². The maximum atomic E-state index is 3.41. The Morgan fingerprint density at radius 3 is 1.43 bits per heavy atom. The molecule has 174 valence electrons. The summed E-state index contributed by atoms with van der Waals surface area (Å²) in [5, 5.41) is 6.70. The molecule has 2 N–H and O–H groups in total. The molecule has 3 aliphatic rings. The van der Waals surface area contributed by atoms with Crippen LogP contribution in [-0.2, 0) is 0 Å². The SMILES string of the molecule is CC.CC.CC.CC(C)N1CCSCC1.CCC1CCCN1.CCC1CCN1. The predicted octanol–water partition coefficient (Wildman–Crippen LogP) is 6.43. The summed E-state index contributed by atoms with van der Waals surface area (Å²) in [4.78, 5) is 2.54. The molecule has 2 unspecified atom stereocenters. The van der Waals surface area contributed by atoms with Gasteiger partial charge in [0.05, 0.1) is 0 Å². The van der Waals surface area contributed by atoms with E-state index in [1.807, 2.05) is 41.5 Å². The van der Waals surface area contributed by atoms with E-state index in [2.05, 4.69) is 55.0 Å². The fourth-order valence-corrected chi connectivity index (χ4v) is 3.83. The Morgan fingerprint density at radius 1 is 0.786 bits per heavy atom. The van der Waals surface area contributed by atoms with Gasteiger partial charge in [-0.15, -0.1) is 0 Å². The zero-order valence-electron chi connectivity index (χ0n) is 21.4. The van der Waals surface area contributed by atoms with Crippen molar-refractivity contribution in [1.29, 1.82) is 0 Å². The second kappa shape index (κ2) is 27.2. The first-order valence-electron chi connectivity index (χ1n) is 12.5. The fourth-order valence-electron chi connectivity index (χ4n) is 2.90. The average Bonchev–Trinajstić information content (AvgIpc) is 3.27. The van der Waals surface area contributed by atoms with Gasteiger partial charge >= 0.3 is 0 Å². The smallest absolute Gasteiger partial charge is 0.00765 e. The maximum absolute atomic E-state index is 3.41. The van der Waals surface area contributed by atoms with Crippen molar-refractivity contribution in [3.63, 3.8) is 0 Å². The Balaban J connectivity index is -0.000000299. The van der Waals surface area contributed by atoms with Crippen molar-refractivity contribution in [3.05, 3.63) is 0 Å². The molecule has 0 bridgehead atoms. The lowest BCUT2D eigenvalue weighted by Crippen LogP contribution is -2.41. The van der Waals surface area contributed by atoms with Gasteiger partial charge in [-0.25, -0.2) is 0 Å². The molecule has 3 saturated heterocycles. The van der Waals surface area contributed by atoms with Gasteiger partial charge in [0.1, 0.15) is 0 Å². The van der Waals surface area contributed by atoms with Gasteiger partial charge in [-0.05, 0) is 59.0 Å². The van der Waals surface area contributed by atoms with Crippen LogP contribution in [0.25, 0.3) is 0 Å². The Kier molecular flexibility index (Phi) is 32.0. The molecule has 0 spiro atoms. The monoisotopic (exact) mass is 419 g/mol. The Bertz CT molecular complexity index is 243. The van der Waals surface area contributed by atoms with Crippen LogP contribution in [0, 0.1) is 0 Å². The van der Waals surface area contributed by atoms with Crippen LogP contribution >= 0.6 is 11.8 Å². The highest BCUT2D eigenvalue weighted by molar-refractivity contribution is 7.99. The lowest BCUT2D eigenvalue weighted by Gasteiger charge is -2.29. The molecule has 4 heteroatoms. The van der Waals surface area contributed by atoms with Gasteiger partial charge in [0.15, 0.2) is 0 Å². The summed E-state index contributed by atoms with van der Waals surface area (Å²) in [5.41, 5.74) is 0. The van der Waals surface area contributed by atoms with Crippen LogP contribution in [0.15, 0.2) is 0 Å². The number of thioether (sulfide) groups is 1.